The molecule has 3 rings (SSSR count). The third kappa shape index (κ3) is 4.29. The summed E-state index contributed by atoms with van der Waals surface area (Å²) in [5, 5.41) is 11.1. The highest BCUT2D eigenvalue weighted by molar-refractivity contribution is 5.92. The number of nitro benzene ring substituents is 1. The van der Waals surface area contributed by atoms with Crippen molar-refractivity contribution in [2.24, 2.45) is 0 Å². The van der Waals surface area contributed by atoms with Crippen molar-refractivity contribution in [3.63, 3.8) is 0 Å². The number of hydrogen-bond donors (Lipinski definition) is 0. The van der Waals surface area contributed by atoms with E-state index in [1.807, 2.05) is 0 Å². The van der Waals surface area contributed by atoms with Crippen molar-refractivity contribution in [1.82, 2.24) is 0 Å². The predicted octanol–water partition coefficient (Wildman–Crippen LogP) is 3.42. The molecule has 27 heavy (non-hydrogen) atoms. The van der Waals surface area contributed by atoms with Gasteiger partial charge < -0.3 is 18.9 Å². The molecule has 0 fully saturated rings. The quantitative estimate of drug-likeness (QED) is 0.430. The zero-order valence-corrected chi connectivity index (χ0v) is 13.7. The Morgan fingerprint density at radius 3 is 2.81 bits per heavy atom. The molecule has 1 aliphatic heterocycles. The summed E-state index contributed by atoms with van der Waals surface area (Å²) in [6, 6.07) is 7.90. The SMILES string of the molecule is O=C(OCc1cc([N+](=O)[O-])cc2c1OCOC2)c1ccccc1OC(F)F. The number of alkyl halides is 2. The van der Waals surface area contributed by atoms with Crippen LogP contribution in [0.5, 0.6) is 11.5 Å². The first-order valence-electron chi connectivity index (χ1n) is 7.67. The van der Waals surface area contributed by atoms with Crippen LogP contribution in [0.4, 0.5) is 14.5 Å². The van der Waals surface area contributed by atoms with Gasteiger partial charge in [0.1, 0.15) is 23.7 Å². The Morgan fingerprint density at radius 2 is 2.07 bits per heavy atom. The van der Waals surface area contributed by atoms with Crippen LogP contribution in [-0.4, -0.2) is 24.3 Å². The molecule has 0 atom stereocenters. The lowest BCUT2D eigenvalue weighted by atomic mass is 10.1. The number of para-hydroxylation sites is 1. The number of non-ortho nitro benzene ring substituents is 1. The Bertz CT molecular complexity index is 872. The topological polar surface area (TPSA) is 97.1 Å². The number of nitrogens with zero attached hydrogens (tertiary/aromatic N) is 1. The van der Waals surface area contributed by atoms with Crippen molar-refractivity contribution in [2.45, 2.75) is 19.8 Å². The standard InChI is InChI=1S/C17H13F2NO7/c18-17(19)27-14-4-2-1-3-13(14)16(21)25-8-11-6-12(20(22)23)5-10-7-24-9-26-15(10)11/h1-6,17H,7-9H2. The predicted molar refractivity (Wildman–Crippen MR) is 85.6 cm³/mol. The van der Waals surface area contributed by atoms with Crippen molar-refractivity contribution in [2.75, 3.05) is 6.79 Å². The number of hydrogen-bond acceptors (Lipinski definition) is 7. The van der Waals surface area contributed by atoms with E-state index in [0.29, 0.717) is 11.3 Å². The van der Waals surface area contributed by atoms with Crippen molar-refractivity contribution in [3.05, 3.63) is 63.2 Å². The maximum absolute atomic E-state index is 12.5. The number of benzene rings is 2. The van der Waals surface area contributed by atoms with E-state index in [9.17, 15) is 23.7 Å². The van der Waals surface area contributed by atoms with Gasteiger partial charge in [0, 0.05) is 23.3 Å². The van der Waals surface area contributed by atoms with E-state index in [0.717, 1.165) is 0 Å². The lowest BCUT2D eigenvalue weighted by Crippen LogP contribution is -2.15. The van der Waals surface area contributed by atoms with E-state index >= 15 is 0 Å². The molecule has 10 heteroatoms. The molecule has 0 aromatic heterocycles. The van der Waals surface area contributed by atoms with Gasteiger partial charge in [-0.05, 0) is 12.1 Å². The minimum Gasteiger partial charge on any atom is -0.467 e. The van der Waals surface area contributed by atoms with Gasteiger partial charge in [0.25, 0.3) is 5.69 Å². The fourth-order valence-electron chi connectivity index (χ4n) is 2.55. The number of ether oxygens (including phenoxy) is 4. The number of halogens is 2. The van der Waals surface area contributed by atoms with Crippen LogP contribution in [0.2, 0.25) is 0 Å². The Balaban J connectivity index is 1.82. The van der Waals surface area contributed by atoms with E-state index < -0.39 is 17.5 Å². The maximum atomic E-state index is 12.5. The Kier molecular flexibility index (Phi) is 5.46. The molecule has 0 bridgehead atoms. The van der Waals surface area contributed by atoms with E-state index in [-0.39, 0.29) is 42.6 Å². The number of carbonyl (C=O) groups is 1. The smallest absolute Gasteiger partial charge is 0.387 e. The average molecular weight is 381 g/mol. The summed E-state index contributed by atoms with van der Waals surface area (Å²) in [5.41, 5.74) is 0.308. The molecule has 0 radical (unpaired) electrons. The van der Waals surface area contributed by atoms with Gasteiger partial charge in [-0.15, -0.1) is 0 Å². The second-order valence-corrected chi connectivity index (χ2v) is 5.41. The first-order valence-corrected chi connectivity index (χ1v) is 7.67. The van der Waals surface area contributed by atoms with Gasteiger partial charge >= 0.3 is 12.6 Å². The first-order chi connectivity index (χ1) is 13.0. The van der Waals surface area contributed by atoms with Gasteiger partial charge in [0.15, 0.2) is 6.79 Å². The van der Waals surface area contributed by atoms with Crippen LogP contribution < -0.4 is 9.47 Å². The number of nitro groups is 1. The summed E-state index contributed by atoms with van der Waals surface area (Å²) in [6.45, 7) is -3.39. The second-order valence-electron chi connectivity index (χ2n) is 5.41. The summed E-state index contributed by atoms with van der Waals surface area (Å²) >= 11 is 0. The lowest BCUT2D eigenvalue weighted by Gasteiger charge is -2.20. The molecule has 0 unspecified atom stereocenters. The number of fused-ring (bicyclic) bond motifs is 1. The monoisotopic (exact) mass is 381 g/mol. The zero-order chi connectivity index (χ0) is 19.4. The van der Waals surface area contributed by atoms with Crippen molar-refractivity contribution >= 4 is 11.7 Å². The van der Waals surface area contributed by atoms with Gasteiger partial charge in [-0.3, -0.25) is 10.1 Å². The van der Waals surface area contributed by atoms with Gasteiger partial charge in [0.05, 0.1) is 11.5 Å². The maximum Gasteiger partial charge on any atom is 0.387 e. The van der Waals surface area contributed by atoms with Crippen LogP contribution >= 0.6 is 0 Å². The van der Waals surface area contributed by atoms with Gasteiger partial charge in [-0.2, -0.15) is 8.78 Å². The van der Waals surface area contributed by atoms with Crippen molar-refractivity contribution in [3.8, 4) is 11.5 Å². The lowest BCUT2D eigenvalue weighted by molar-refractivity contribution is -0.385. The molecule has 1 aliphatic rings. The van der Waals surface area contributed by atoms with Crippen LogP contribution in [0.1, 0.15) is 21.5 Å². The molecule has 0 saturated heterocycles. The summed E-state index contributed by atoms with van der Waals surface area (Å²) in [5.74, 6) is -0.918. The van der Waals surface area contributed by atoms with Crippen LogP contribution in [0.15, 0.2) is 36.4 Å². The van der Waals surface area contributed by atoms with E-state index in [2.05, 4.69) is 4.74 Å². The number of esters is 1. The van der Waals surface area contributed by atoms with Gasteiger partial charge in [0.2, 0.25) is 0 Å². The summed E-state index contributed by atoms with van der Waals surface area (Å²) in [4.78, 5) is 22.7. The molecular weight excluding hydrogens is 368 g/mol. The Labute approximate surface area is 151 Å². The first kappa shape index (κ1) is 18.5. The average Bonchev–Trinajstić information content (AvgIpc) is 2.65. The molecule has 8 nitrogen and oxygen atoms in total. The minimum atomic E-state index is -3.10. The Morgan fingerprint density at radius 1 is 1.30 bits per heavy atom. The summed E-state index contributed by atoms with van der Waals surface area (Å²) in [7, 11) is 0. The van der Waals surface area contributed by atoms with E-state index in [1.165, 1.54) is 36.4 Å². The fraction of sp³-hybridized carbons (Fsp3) is 0.235. The number of rotatable bonds is 6. The molecular formula is C17H13F2NO7. The van der Waals surface area contributed by atoms with E-state index in [1.54, 1.807) is 0 Å². The second kappa shape index (κ2) is 7.96. The molecule has 0 aliphatic carbocycles. The molecule has 0 amide bonds. The molecule has 2 aromatic carbocycles. The van der Waals surface area contributed by atoms with Crippen LogP contribution in [0, 0.1) is 10.1 Å². The zero-order valence-electron chi connectivity index (χ0n) is 13.7. The van der Waals surface area contributed by atoms with Crippen LogP contribution in [0.25, 0.3) is 0 Å². The number of carbonyl (C=O) groups excluding carboxylic acids is 1. The normalized spacial score (nSPS) is 12.9. The van der Waals surface area contributed by atoms with Crippen molar-refractivity contribution in [1.29, 1.82) is 0 Å². The highest BCUT2D eigenvalue weighted by atomic mass is 19.3. The van der Waals surface area contributed by atoms with E-state index in [4.69, 9.17) is 14.2 Å². The highest BCUT2D eigenvalue weighted by Crippen LogP contribution is 2.33. The van der Waals surface area contributed by atoms with Gasteiger partial charge in [-0.1, -0.05) is 12.1 Å². The van der Waals surface area contributed by atoms with Crippen LogP contribution in [0.3, 0.4) is 0 Å². The molecule has 1 heterocycles. The van der Waals surface area contributed by atoms with Crippen molar-refractivity contribution < 1.29 is 37.4 Å². The van der Waals surface area contributed by atoms with Gasteiger partial charge in [-0.25, -0.2) is 4.79 Å². The summed E-state index contributed by atoms with van der Waals surface area (Å²) in [6.07, 6.45) is 0. The Hall–Kier alpha value is -3.27. The van der Waals surface area contributed by atoms with Crippen LogP contribution in [-0.2, 0) is 22.7 Å². The molecule has 0 spiro atoms. The molecule has 142 valence electrons. The molecule has 0 saturated carbocycles. The fourth-order valence-corrected chi connectivity index (χ4v) is 2.55. The highest BCUT2D eigenvalue weighted by Gasteiger charge is 2.23. The molecule has 0 N–H and O–H groups in total. The third-order valence-corrected chi connectivity index (χ3v) is 3.66. The third-order valence-electron chi connectivity index (χ3n) is 3.66. The molecule has 2 aromatic rings. The summed E-state index contributed by atoms with van der Waals surface area (Å²) < 4.78 is 44.8. The largest absolute Gasteiger partial charge is 0.467 e. The minimum absolute atomic E-state index is 0.0448.